The number of allylic oxidation sites excluding steroid dienone is 1. The highest BCUT2D eigenvalue weighted by molar-refractivity contribution is 6.07. The zero-order chi connectivity index (χ0) is 20.8. The minimum atomic E-state index is -1.26. The molecule has 0 saturated carbocycles. The Kier molecular flexibility index (Phi) is 4.86. The molecule has 3 aliphatic rings. The molecule has 1 fully saturated rings. The van der Waals surface area contributed by atoms with Crippen LogP contribution in [0.1, 0.15) is 20.8 Å². The number of esters is 1. The molecule has 0 unspecified atom stereocenters. The van der Waals surface area contributed by atoms with Crippen LogP contribution >= 0.6 is 0 Å². The second-order valence-electron chi connectivity index (χ2n) is 8.15. The highest BCUT2D eigenvalue weighted by atomic mass is 16.8. The van der Waals surface area contributed by atoms with Crippen molar-refractivity contribution in [3.8, 4) is 0 Å². The number of anilines is 1. The van der Waals surface area contributed by atoms with Gasteiger partial charge in [-0.05, 0) is 24.6 Å². The van der Waals surface area contributed by atoms with Gasteiger partial charge in [0.25, 0.3) is 11.7 Å². The third-order valence-electron chi connectivity index (χ3n) is 5.73. The summed E-state index contributed by atoms with van der Waals surface area (Å²) in [5.74, 6) is -3.47. The summed E-state index contributed by atoms with van der Waals surface area (Å²) in [5.41, 5.74) is 1.67. The van der Waals surface area contributed by atoms with Crippen molar-refractivity contribution >= 4 is 17.4 Å². The van der Waals surface area contributed by atoms with Crippen molar-refractivity contribution in [1.29, 1.82) is 0 Å². The molecule has 0 bridgehead atoms. The Morgan fingerprint density at radius 2 is 1.69 bits per heavy atom. The molecule has 2 aliphatic heterocycles. The van der Waals surface area contributed by atoms with Crippen molar-refractivity contribution < 1.29 is 24.2 Å². The minimum Gasteiger partial charge on any atom is -0.480 e. The van der Waals surface area contributed by atoms with Gasteiger partial charge in [-0.25, -0.2) is 4.79 Å². The fraction of sp³-hybridized carbons (Fsp3) is 0.455. The van der Waals surface area contributed by atoms with E-state index in [1.54, 1.807) is 6.92 Å². The smallest absolute Gasteiger partial charge is 0.345 e. The number of ketones is 1. The average molecular weight is 398 g/mol. The maximum atomic E-state index is 12.9. The molecule has 7 heteroatoms. The number of hydrogen-bond donors (Lipinski definition) is 1. The standard InChI is InChI=1S/C22H26N2O5/c1-14-13-16(24-11-9-23(10-12-24)15-7-5-4-6-8-15)17(19(14)25)18-20(26)28-22(2,3)29-21(18)27/h4-8,13,16-17,26H,9-12H2,1-3H3/t16-,17-/m0/s1. The highest BCUT2D eigenvalue weighted by Crippen LogP contribution is 2.38. The van der Waals surface area contributed by atoms with E-state index in [0.717, 1.165) is 26.2 Å². The van der Waals surface area contributed by atoms with Crippen LogP contribution < -0.4 is 4.90 Å². The first-order valence-corrected chi connectivity index (χ1v) is 9.89. The van der Waals surface area contributed by atoms with Crippen molar-refractivity contribution in [2.45, 2.75) is 32.6 Å². The second kappa shape index (κ2) is 7.22. The van der Waals surface area contributed by atoms with Gasteiger partial charge in [-0.1, -0.05) is 24.3 Å². The zero-order valence-electron chi connectivity index (χ0n) is 16.9. The highest BCUT2D eigenvalue weighted by Gasteiger charge is 2.49. The van der Waals surface area contributed by atoms with Crippen LogP contribution in [0, 0.1) is 5.92 Å². The van der Waals surface area contributed by atoms with Crippen molar-refractivity contribution in [1.82, 2.24) is 4.90 Å². The van der Waals surface area contributed by atoms with Gasteiger partial charge in [-0.3, -0.25) is 9.69 Å². The van der Waals surface area contributed by atoms with Crippen molar-refractivity contribution in [3.05, 3.63) is 53.5 Å². The normalized spacial score (nSPS) is 27.6. The molecule has 4 rings (SSSR count). The number of nitrogens with zero attached hydrogens (tertiary/aromatic N) is 2. The number of Topliss-reactive ketones (excluding diaryl/α,β-unsaturated/α-hetero) is 1. The number of cyclic esters (lactones) is 1. The molecule has 7 nitrogen and oxygen atoms in total. The monoisotopic (exact) mass is 398 g/mol. The number of carbonyl (C=O) groups excluding carboxylic acids is 2. The number of hydrogen-bond acceptors (Lipinski definition) is 7. The van der Waals surface area contributed by atoms with Gasteiger partial charge in [-0.15, -0.1) is 0 Å². The Bertz CT molecular complexity index is 882. The third kappa shape index (κ3) is 3.62. The lowest BCUT2D eigenvalue weighted by atomic mass is 9.89. The largest absolute Gasteiger partial charge is 0.480 e. The summed E-state index contributed by atoms with van der Waals surface area (Å²) in [6.07, 6.45) is 1.89. The number of carbonyl (C=O) groups is 2. The van der Waals surface area contributed by atoms with Crippen molar-refractivity contribution in [3.63, 3.8) is 0 Å². The maximum absolute atomic E-state index is 12.9. The molecule has 29 heavy (non-hydrogen) atoms. The fourth-order valence-corrected chi connectivity index (χ4v) is 4.30. The van der Waals surface area contributed by atoms with E-state index in [9.17, 15) is 14.7 Å². The van der Waals surface area contributed by atoms with Crippen molar-refractivity contribution in [2.24, 2.45) is 5.92 Å². The Hall–Kier alpha value is -2.80. The van der Waals surface area contributed by atoms with E-state index in [4.69, 9.17) is 9.47 Å². The van der Waals surface area contributed by atoms with E-state index in [-0.39, 0.29) is 17.4 Å². The first kappa shape index (κ1) is 19.5. The van der Waals surface area contributed by atoms with Crippen LogP contribution in [0.5, 0.6) is 0 Å². The van der Waals surface area contributed by atoms with Crippen LogP contribution in [0.25, 0.3) is 0 Å². The summed E-state index contributed by atoms with van der Waals surface area (Å²) >= 11 is 0. The molecule has 1 aromatic rings. The van der Waals surface area contributed by atoms with Gasteiger partial charge in [0.05, 0.1) is 5.92 Å². The molecule has 0 amide bonds. The Morgan fingerprint density at radius 1 is 1.03 bits per heavy atom. The van der Waals surface area contributed by atoms with Gasteiger partial charge >= 0.3 is 5.97 Å². The predicted molar refractivity (Wildman–Crippen MR) is 107 cm³/mol. The number of aliphatic hydroxyl groups excluding tert-OH is 1. The number of piperazine rings is 1. The van der Waals surface area contributed by atoms with Crippen LogP contribution in [-0.4, -0.2) is 59.8 Å². The zero-order valence-corrected chi connectivity index (χ0v) is 16.9. The Labute approximate surface area is 170 Å². The molecule has 2 atom stereocenters. The third-order valence-corrected chi connectivity index (χ3v) is 5.73. The van der Waals surface area contributed by atoms with Crippen molar-refractivity contribution in [2.75, 3.05) is 31.1 Å². The lowest BCUT2D eigenvalue weighted by Crippen LogP contribution is -2.53. The molecule has 1 aliphatic carbocycles. The Morgan fingerprint density at radius 3 is 2.31 bits per heavy atom. The molecule has 2 heterocycles. The molecule has 0 radical (unpaired) electrons. The summed E-state index contributed by atoms with van der Waals surface area (Å²) in [6.45, 7) is 7.92. The van der Waals surface area contributed by atoms with Crippen LogP contribution in [0.3, 0.4) is 0 Å². The van der Waals surface area contributed by atoms with E-state index >= 15 is 0 Å². The molecule has 1 saturated heterocycles. The van der Waals surface area contributed by atoms with Crippen LogP contribution in [-0.2, 0) is 19.1 Å². The van der Waals surface area contributed by atoms with Gasteiger partial charge in [0.15, 0.2) is 5.78 Å². The lowest BCUT2D eigenvalue weighted by molar-refractivity contribution is -0.223. The van der Waals surface area contributed by atoms with Gasteiger partial charge < -0.3 is 19.5 Å². The minimum absolute atomic E-state index is 0.0853. The van der Waals surface area contributed by atoms with Crippen LogP contribution in [0.15, 0.2) is 53.5 Å². The molecule has 154 valence electrons. The summed E-state index contributed by atoms with van der Waals surface area (Å²) in [4.78, 5) is 30.0. The predicted octanol–water partition coefficient (Wildman–Crippen LogP) is 2.40. The van der Waals surface area contributed by atoms with Gasteiger partial charge in [0, 0.05) is 51.8 Å². The Balaban J connectivity index is 1.55. The second-order valence-corrected chi connectivity index (χ2v) is 8.15. The number of para-hydroxylation sites is 1. The summed E-state index contributed by atoms with van der Waals surface area (Å²) in [6, 6.07) is 9.89. The first-order chi connectivity index (χ1) is 13.8. The fourth-order valence-electron chi connectivity index (χ4n) is 4.30. The van der Waals surface area contributed by atoms with E-state index in [1.807, 2.05) is 24.3 Å². The lowest BCUT2D eigenvalue weighted by Gasteiger charge is -2.41. The summed E-state index contributed by atoms with van der Waals surface area (Å²) < 4.78 is 10.6. The topological polar surface area (TPSA) is 79.3 Å². The molecule has 1 N–H and O–H groups in total. The number of benzene rings is 1. The van der Waals surface area contributed by atoms with Gasteiger partial charge in [-0.2, -0.15) is 0 Å². The first-order valence-electron chi connectivity index (χ1n) is 9.89. The number of ether oxygens (including phenoxy) is 2. The van der Waals surface area contributed by atoms with E-state index < -0.39 is 23.6 Å². The van der Waals surface area contributed by atoms with Gasteiger partial charge in [0.2, 0.25) is 0 Å². The van der Waals surface area contributed by atoms with Crippen LogP contribution in [0.4, 0.5) is 5.69 Å². The van der Waals surface area contributed by atoms with Gasteiger partial charge in [0.1, 0.15) is 5.57 Å². The average Bonchev–Trinajstić information content (AvgIpc) is 2.96. The molecule has 1 aromatic carbocycles. The number of rotatable bonds is 3. The molecule has 0 aromatic heterocycles. The summed E-state index contributed by atoms with van der Waals surface area (Å²) in [5, 5.41) is 10.4. The maximum Gasteiger partial charge on any atom is 0.345 e. The molecular weight excluding hydrogens is 372 g/mol. The summed E-state index contributed by atoms with van der Waals surface area (Å²) in [7, 11) is 0. The van der Waals surface area contributed by atoms with E-state index in [0.29, 0.717) is 5.57 Å². The van der Waals surface area contributed by atoms with Crippen LogP contribution in [0.2, 0.25) is 0 Å². The molecular formula is C22H26N2O5. The van der Waals surface area contributed by atoms with E-state index in [2.05, 4.69) is 21.9 Å². The number of aliphatic hydroxyl groups is 1. The SMILES string of the molecule is CC1=C[C@H](N2CCN(c3ccccc3)CC2)[C@@H](C2=C(O)OC(C)(C)OC2=O)C1=O. The van der Waals surface area contributed by atoms with E-state index in [1.165, 1.54) is 19.5 Å². The molecule has 0 spiro atoms. The quantitative estimate of drug-likeness (QED) is 0.783.